The molecule has 1 aromatic rings. The Kier molecular flexibility index (Phi) is 6.15. The molecule has 21 heavy (non-hydrogen) atoms. The zero-order valence-electron chi connectivity index (χ0n) is 13.0. The Labute approximate surface area is 126 Å². The fourth-order valence-corrected chi connectivity index (χ4v) is 2.94. The summed E-state index contributed by atoms with van der Waals surface area (Å²) < 4.78 is 19.4. The van der Waals surface area contributed by atoms with Gasteiger partial charge in [0.1, 0.15) is 5.82 Å². The predicted octanol–water partition coefficient (Wildman–Crippen LogP) is 3.00. The van der Waals surface area contributed by atoms with Crippen molar-refractivity contribution < 1.29 is 14.2 Å². The van der Waals surface area contributed by atoms with Gasteiger partial charge in [-0.15, -0.1) is 0 Å². The molecule has 4 heteroatoms. The van der Waals surface area contributed by atoms with E-state index in [2.05, 4.69) is 11.8 Å². The molecule has 0 saturated carbocycles. The van der Waals surface area contributed by atoms with E-state index in [1.54, 1.807) is 18.2 Å². The molecular weight excluding hydrogens is 269 g/mol. The van der Waals surface area contributed by atoms with Crippen LogP contribution in [-0.4, -0.2) is 42.4 Å². The highest BCUT2D eigenvalue weighted by Gasteiger charge is 2.24. The largest absolute Gasteiger partial charge is 0.388 e. The van der Waals surface area contributed by atoms with E-state index in [4.69, 9.17) is 4.74 Å². The molecule has 1 aromatic carbocycles. The monoisotopic (exact) mass is 295 g/mol. The molecule has 0 radical (unpaired) electrons. The molecule has 1 N–H and O–H groups in total. The number of likely N-dealkylation sites (N-methyl/N-ethyl adjacent to an activating group) is 1. The van der Waals surface area contributed by atoms with Crippen LogP contribution in [0.15, 0.2) is 24.3 Å². The average Bonchev–Trinajstić information content (AvgIpc) is 2.99. The van der Waals surface area contributed by atoms with Crippen molar-refractivity contribution in [3.05, 3.63) is 35.6 Å². The zero-order chi connectivity index (χ0) is 15.2. The van der Waals surface area contributed by atoms with Gasteiger partial charge in [-0.1, -0.05) is 32.0 Å². The molecular formula is C17H26FNO2. The van der Waals surface area contributed by atoms with E-state index < -0.39 is 6.10 Å². The van der Waals surface area contributed by atoms with Gasteiger partial charge in [0.05, 0.1) is 12.2 Å². The van der Waals surface area contributed by atoms with E-state index in [1.807, 2.05) is 6.92 Å². The molecule has 3 atom stereocenters. The van der Waals surface area contributed by atoms with E-state index in [-0.39, 0.29) is 11.7 Å². The lowest BCUT2D eigenvalue weighted by Gasteiger charge is -2.29. The smallest absolute Gasteiger partial charge is 0.129 e. The highest BCUT2D eigenvalue weighted by molar-refractivity contribution is 5.20. The Morgan fingerprint density at radius 3 is 2.81 bits per heavy atom. The maximum Gasteiger partial charge on any atom is 0.129 e. The van der Waals surface area contributed by atoms with Crippen molar-refractivity contribution in [3.63, 3.8) is 0 Å². The first-order valence-electron chi connectivity index (χ1n) is 7.88. The van der Waals surface area contributed by atoms with Gasteiger partial charge in [0.2, 0.25) is 0 Å². The predicted molar refractivity (Wildman–Crippen MR) is 81.6 cm³/mol. The fraction of sp³-hybridized carbons (Fsp3) is 0.647. The molecule has 0 amide bonds. The van der Waals surface area contributed by atoms with Crippen molar-refractivity contribution in [1.29, 1.82) is 0 Å². The number of hydrogen-bond acceptors (Lipinski definition) is 3. The van der Waals surface area contributed by atoms with Crippen LogP contribution in [0.25, 0.3) is 0 Å². The lowest BCUT2D eigenvalue weighted by Crippen LogP contribution is -2.36. The van der Waals surface area contributed by atoms with E-state index in [9.17, 15) is 9.50 Å². The topological polar surface area (TPSA) is 32.7 Å². The number of hydrogen-bond donors (Lipinski definition) is 1. The summed E-state index contributed by atoms with van der Waals surface area (Å²) in [6, 6.07) is 6.46. The van der Waals surface area contributed by atoms with Gasteiger partial charge in [-0.3, -0.25) is 0 Å². The van der Waals surface area contributed by atoms with E-state index >= 15 is 0 Å². The molecule has 0 aromatic heterocycles. The Balaban J connectivity index is 1.92. The fourth-order valence-electron chi connectivity index (χ4n) is 2.94. The SMILES string of the molecule is CCN(CC1CCCO1)CC(C)C(O)c1ccccc1F. The van der Waals surface area contributed by atoms with Crippen molar-refractivity contribution in [1.82, 2.24) is 4.90 Å². The molecule has 3 nitrogen and oxygen atoms in total. The van der Waals surface area contributed by atoms with Crippen molar-refractivity contribution in [2.24, 2.45) is 5.92 Å². The van der Waals surface area contributed by atoms with Crippen molar-refractivity contribution >= 4 is 0 Å². The van der Waals surface area contributed by atoms with Crippen molar-refractivity contribution in [3.8, 4) is 0 Å². The summed E-state index contributed by atoms with van der Waals surface area (Å²) in [4.78, 5) is 2.28. The van der Waals surface area contributed by atoms with Gasteiger partial charge in [0.15, 0.2) is 0 Å². The lowest BCUT2D eigenvalue weighted by atomic mass is 9.96. The van der Waals surface area contributed by atoms with Crippen LogP contribution in [0, 0.1) is 11.7 Å². The van der Waals surface area contributed by atoms with Crippen LogP contribution < -0.4 is 0 Å². The first kappa shape index (κ1) is 16.4. The van der Waals surface area contributed by atoms with Crippen molar-refractivity contribution in [2.75, 3.05) is 26.2 Å². The lowest BCUT2D eigenvalue weighted by molar-refractivity contribution is 0.0482. The summed E-state index contributed by atoms with van der Waals surface area (Å²) in [5, 5.41) is 10.4. The Hall–Kier alpha value is -0.970. The van der Waals surface area contributed by atoms with Crippen LogP contribution in [0.5, 0.6) is 0 Å². The summed E-state index contributed by atoms with van der Waals surface area (Å²) in [6.45, 7) is 7.48. The molecule has 0 aliphatic carbocycles. The number of rotatable bonds is 7. The third-order valence-corrected chi connectivity index (χ3v) is 4.24. The van der Waals surface area contributed by atoms with Gasteiger partial charge in [-0.25, -0.2) is 4.39 Å². The number of nitrogens with zero attached hydrogens (tertiary/aromatic N) is 1. The van der Waals surface area contributed by atoms with Crippen LogP contribution in [0.4, 0.5) is 4.39 Å². The molecule has 1 fully saturated rings. The minimum Gasteiger partial charge on any atom is -0.388 e. The molecule has 1 aliphatic heterocycles. The van der Waals surface area contributed by atoms with Crippen LogP contribution in [-0.2, 0) is 4.74 Å². The Morgan fingerprint density at radius 2 is 2.19 bits per heavy atom. The maximum absolute atomic E-state index is 13.8. The number of aliphatic hydroxyl groups is 1. The highest BCUT2D eigenvalue weighted by Crippen LogP contribution is 2.25. The summed E-state index contributed by atoms with van der Waals surface area (Å²) >= 11 is 0. The first-order valence-corrected chi connectivity index (χ1v) is 7.88. The van der Waals surface area contributed by atoms with Gasteiger partial charge in [-0.2, -0.15) is 0 Å². The average molecular weight is 295 g/mol. The summed E-state index contributed by atoms with van der Waals surface area (Å²) in [5.41, 5.74) is 0.387. The second-order valence-electron chi connectivity index (χ2n) is 5.93. The normalized spacial score (nSPS) is 21.7. The molecule has 3 unspecified atom stereocenters. The number of halogens is 1. The zero-order valence-corrected chi connectivity index (χ0v) is 13.0. The molecule has 2 rings (SSSR count). The van der Waals surface area contributed by atoms with E-state index in [1.165, 1.54) is 6.07 Å². The van der Waals surface area contributed by atoms with E-state index in [0.29, 0.717) is 11.7 Å². The van der Waals surface area contributed by atoms with Crippen LogP contribution in [0.2, 0.25) is 0 Å². The molecule has 0 spiro atoms. The molecule has 1 saturated heterocycles. The first-order chi connectivity index (χ1) is 10.1. The number of benzene rings is 1. The maximum atomic E-state index is 13.8. The third kappa shape index (κ3) is 4.50. The van der Waals surface area contributed by atoms with Crippen LogP contribution in [0.1, 0.15) is 38.4 Å². The van der Waals surface area contributed by atoms with Gasteiger partial charge in [0.25, 0.3) is 0 Å². The Morgan fingerprint density at radius 1 is 1.43 bits per heavy atom. The summed E-state index contributed by atoms with van der Waals surface area (Å²) in [6.07, 6.45) is 1.78. The van der Waals surface area contributed by atoms with Crippen LogP contribution in [0.3, 0.4) is 0 Å². The van der Waals surface area contributed by atoms with Gasteiger partial charge < -0.3 is 14.7 Å². The van der Waals surface area contributed by atoms with Gasteiger partial charge in [0, 0.05) is 25.3 Å². The quantitative estimate of drug-likeness (QED) is 0.839. The van der Waals surface area contributed by atoms with Crippen molar-refractivity contribution in [2.45, 2.75) is 38.9 Å². The minimum atomic E-state index is -0.773. The molecule has 1 aliphatic rings. The summed E-state index contributed by atoms with van der Waals surface area (Å²) in [5.74, 6) is -0.359. The Bertz CT molecular complexity index is 435. The van der Waals surface area contributed by atoms with Crippen LogP contribution >= 0.6 is 0 Å². The molecule has 1 heterocycles. The second-order valence-corrected chi connectivity index (χ2v) is 5.93. The summed E-state index contributed by atoms with van der Waals surface area (Å²) in [7, 11) is 0. The minimum absolute atomic E-state index is 0.0248. The van der Waals surface area contributed by atoms with Gasteiger partial charge in [-0.05, 0) is 31.4 Å². The molecule has 0 bridgehead atoms. The molecule has 118 valence electrons. The highest BCUT2D eigenvalue weighted by atomic mass is 19.1. The van der Waals surface area contributed by atoms with Gasteiger partial charge >= 0.3 is 0 Å². The van der Waals surface area contributed by atoms with E-state index in [0.717, 1.165) is 39.1 Å². The third-order valence-electron chi connectivity index (χ3n) is 4.24. The standard InChI is InChI=1S/C17H26FNO2/c1-3-19(12-14-7-6-10-21-14)11-13(2)17(20)15-8-4-5-9-16(15)18/h4-5,8-9,13-14,17,20H,3,6-7,10-12H2,1-2H3. The number of ether oxygens (including phenoxy) is 1. The number of aliphatic hydroxyl groups excluding tert-OH is 1. The second kappa shape index (κ2) is 7.87.